The van der Waals surface area contributed by atoms with Gasteiger partial charge in [0.15, 0.2) is 0 Å². The number of benzene rings is 1. The maximum absolute atomic E-state index is 13.1. The van der Waals surface area contributed by atoms with Crippen molar-refractivity contribution >= 4 is 23.4 Å². The monoisotopic (exact) mass is 392 g/mol. The molecule has 0 aliphatic carbocycles. The standard InChI is InChI=1S/C19H22ClFN4O2/c1-12(2)18(26)23-8-10-24(11-9-23)19(27)16-13(3)22-25(17(16)20)15-6-4-14(21)5-7-15/h4-7,12H,8-11H2,1-3H3. The fourth-order valence-corrected chi connectivity index (χ4v) is 3.50. The van der Waals surface area contributed by atoms with E-state index in [2.05, 4.69) is 5.10 Å². The van der Waals surface area contributed by atoms with Gasteiger partial charge in [0, 0.05) is 32.1 Å². The predicted octanol–water partition coefficient (Wildman–Crippen LogP) is 2.91. The number of aromatic nitrogens is 2. The number of aryl methyl sites for hydroxylation is 1. The summed E-state index contributed by atoms with van der Waals surface area (Å²) < 4.78 is 14.6. The molecular formula is C19H22ClFN4O2. The van der Waals surface area contributed by atoms with Crippen LogP contribution in [0.3, 0.4) is 0 Å². The van der Waals surface area contributed by atoms with Crippen LogP contribution in [0.5, 0.6) is 0 Å². The zero-order chi connectivity index (χ0) is 19.7. The van der Waals surface area contributed by atoms with Crippen molar-refractivity contribution in [2.24, 2.45) is 5.92 Å². The number of rotatable bonds is 3. The Morgan fingerprint density at radius 3 is 2.19 bits per heavy atom. The summed E-state index contributed by atoms with van der Waals surface area (Å²) in [6.07, 6.45) is 0. The lowest BCUT2D eigenvalue weighted by Gasteiger charge is -2.35. The Hall–Kier alpha value is -2.41. The summed E-state index contributed by atoms with van der Waals surface area (Å²) in [5, 5.41) is 4.54. The number of carbonyl (C=O) groups excluding carboxylic acids is 2. The number of halogens is 2. The molecule has 1 aliphatic heterocycles. The second-order valence-corrected chi connectivity index (χ2v) is 7.27. The molecule has 144 valence electrons. The summed E-state index contributed by atoms with van der Waals surface area (Å²) in [5.41, 5.74) is 1.43. The first kappa shape index (κ1) is 19.4. The molecule has 27 heavy (non-hydrogen) atoms. The summed E-state index contributed by atoms with van der Waals surface area (Å²) in [4.78, 5) is 28.5. The second-order valence-electron chi connectivity index (χ2n) is 6.91. The van der Waals surface area contributed by atoms with Crippen molar-refractivity contribution in [2.75, 3.05) is 26.2 Å². The Labute approximate surface area is 162 Å². The highest BCUT2D eigenvalue weighted by Gasteiger charge is 2.29. The molecule has 0 spiro atoms. The largest absolute Gasteiger partial charge is 0.339 e. The lowest BCUT2D eigenvalue weighted by Crippen LogP contribution is -2.51. The summed E-state index contributed by atoms with van der Waals surface area (Å²) in [6.45, 7) is 7.37. The van der Waals surface area contributed by atoms with E-state index in [0.29, 0.717) is 43.1 Å². The highest BCUT2D eigenvalue weighted by molar-refractivity contribution is 6.33. The predicted molar refractivity (Wildman–Crippen MR) is 101 cm³/mol. The zero-order valence-electron chi connectivity index (χ0n) is 15.6. The van der Waals surface area contributed by atoms with E-state index in [4.69, 9.17) is 11.6 Å². The molecule has 1 fully saturated rings. The molecule has 0 unspecified atom stereocenters. The van der Waals surface area contributed by atoms with Crippen LogP contribution >= 0.6 is 11.6 Å². The zero-order valence-corrected chi connectivity index (χ0v) is 16.3. The number of nitrogens with zero attached hydrogens (tertiary/aromatic N) is 4. The molecular weight excluding hydrogens is 371 g/mol. The minimum Gasteiger partial charge on any atom is -0.339 e. The maximum Gasteiger partial charge on any atom is 0.259 e. The van der Waals surface area contributed by atoms with Crippen molar-refractivity contribution in [2.45, 2.75) is 20.8 Å². The van der Waals surface area contributed by atoms with E-state index in [1.54, 1.807) is 28.9 Å². The normalized spacial score (nSPS) is 14.7. The number of carbonyl (C=O) groups is 2. The molecule has 2 aromatic rings. The molecule has 2 amide bonds. The molecule has 1 saturated heterocycles. The smallest absolute Gasteiger partial charge is 0.259 e. The van der Waals surface area contributed by atoms with Gasteiger partial charge in [-0.05, 0) is 31.2 Å². The molecule has 0 bridgehead atoms. The van der Waals surface area contributed by atoms with Crippen LogP contribution in [-0.2, 0) is 4.79 Å². The number of amides is 2. The van der Waals surface area contributed by atoms with E-state index in [1.807, 2.05) is 13.8 Å². The van der Waals surface area contributed by atoms with Gasteiger partial charge in [-0.25, -0.2) is 9.07 Å². The van der Waals surface area contributed by atoms with E-state index in [0.717, 1.165) is 0 Å². The molecule has 6 nitrogen and oxygen atoms in total. The summed E-state index contributed by atoms with van der Waals surface area (Å²) in [7, 11) is 0. The number of hydrogen-bond donors (Lipinski definition) is 0. The van der Waals surface area contributed by atoms with E-state index in [-0.39, 0.29) is 28.7 Å². The highest BCUT2D eigenvalue weighted by atomic mass is 35.5. The Morgan fingerprint density at radius 1 is 1.07 bits per heavy atom. The minimum atomic E-state index is -0.358. The van der Waals surface area contributed by atoms with Crippen LogP contribution in [0.15, 0.2) is 24.3 Å². The molecule has 0 N–H and O–H groups in total. The van der Waals surface area contributed by atoms with Crippen LogP contribution in [0.4, 0.5) is 4.39 Å². The van der Waals surface area contributed by atoms with Crippen LogP contribution in [0, 0.1) is 18.7 Å². The lowest BCUT2D eigenvalue weighted by atomic mass is 10.1. The summed E-state index contributed by atoms with van der Waals surface area (Å²) in [5.74, 6) is -0.523. The maximum atomic E-state index is 13.1. The Morgan fingerprint density at radius 2 is 1.63 bits per heavy atom. The molecule has 8 heteroatoms. The van der Waals surface area contributed by atoms with Gasteiger partial charge in [-0.1, -0.05) is 25.4 Å². The fraction of sp³-hybridized carbons (Fsp3) is 0.421. The van der Waals surface area contributed by atoms with Crippen molar-refractivity contribution in [1.29, 1.82) is 0 Å². The van der Waals surface area contributed by atoms with Crippen molar-refractivity contribution < 1.29 is 14.0 Å². The Kier molecular flexibility index (Phi) is 5.51. The number of piperazine rings is 1. The van der Waals surface area contributed by atoms with Crippen molar-refractivity contribution in [3.8, 4) is 5.69 Å². The van der Waals surface area contributed by atoms with Crippen LogP contribution in [0.1, 0.15) is 29.9 Å². The summed E-state index contributed by atoms with van der Waals surface area (Å²) >= 11 is 6.43. The Bertz CT molecular complexity index is 855. The number of hydrogen-bond acceptors (Lipinski definition) is 3. The van der Waals surface area contributed by atoms with Crippen LogP contribution < -0.4 is 0 Å². The van der Waals surface area contributed by atoms with E-state index >= 15 is 0 Å². The van der Waals surface area contributed by atoms with Crippen molar-refractivity contribution in [1.82, 2.24) is 19.6 Å². The third kappa shape index (κ3) is 3.83. The minimum absolute atomic E-state index is 0.0575. The van der Waals surface area contributed by atoms with Crippen LogP contribution in [-0.4, -0.2) is 57.6 Å². The molecule has 0 radical (unpaired) electrons. The van der Waals surface area contributed by atoms with Gasteiger partial charge in [0.1, 0.15) is 11.0 Å². The van der Waals surface area contributed by atoms with Crippen LogP contribution in [0.2, 0.25) is 5.15 Å². The van der Waals surface area contributed by atoms with Gasteiger partial charge in [0.2, 0.25) is 5.91 Å². The van der Waals surface area contributed by atoms with E-state index < -0.39 is 0 Å². The highest BCUT2D eigenvalue weighted by Crippen LogP contribution is 2.25. The SMILES string of the molecule is Cc1nn(-c2ccc(F)cc2)c(Cl)c1C(=O)N1CCN(C(=O)C(C)C)CC1. The molecule has 1 aliphatic rings. The molecule has 0 atom stereocenters. The topological polar surface area (TPSA) is 58.4 Å². The third-order valence-electron chi connectivity index (χ3n) is 4.66. The first-order valence-corrected chi connectivity index (χ1v) is 9.26. The lowest BCUT2D eigenvalue weighted by molar-refractivity contribution is -0.135. The first-order valence-electron chi connectivity index (χ1n) is 8.88. The quantitative estimate of drug-likeness (QED) is 0.807. The van der Waals surface area contributed by atoms with Crippen LogP contribution in [0.25, 0.3) is 5.69 Å². The first-order chi connectivity index (χ1) is 12.8. The Balaban J connectivity index is 1.78. The third-order valence-corrected chi connectivity index (χ3v) is 5.01. The van der Waals surface area contributed by atoms with Gasteiger partial charge < -0.3 is 9.80 Å². The fourth-order valence-electron chi connectivity index (χ4n) is 3.15. The average Bonchev–Trinajstić information content (AvgIpc) is 2.95. The molecule has 0 saturated carbocycles. The van der Waals surface area contributed by atoms with Gasteiger partial charge in [0.25, 0.3) is 5.91 Å². The molecule has 2 heterocycles. The van der Waals surface area contributed by atoms with Gasteiger partial charge in [-0.2, -0.15) is 5.10 Å². The molecule has 1 aromatic heterocycles. The van der Waals surface area contributed by atoms with Gasteiger partial charge in [-0.15, -0.1) is 0 Å². The molecule has 3 rings (SSSR count). The van der Waals surface area contributed by atoms with Gasteiger partial charge in [-0.3, -0.25) is 9.59 Å². The average molecular weight is 393 g/mol. The van der Waals surface area contributed by atoms with E-state index in [9.17, 15) is 14.0 Å². The van der Waals surface area contributed by atoms with Gasteiger partial charge >= 0.3 is 0 Å². The summed E-state index contributed by atoms with van der Waals surface area (Å²) in [6, 6.07) is 5.74. The van der Waals surface area contributed by atoms with E-state index in [1.165, 1.54) is 16.8 Å². The molecule has 1 aromatic carbocycles. The second kappa shape index (κ2) is 7.68. The van der Waals surface area contributed by atoms with Crippen molar-refractivity contribution in [3.05, 3.63) is 46.5 Å². The van der Waals surface area contributed by atoms with Gasteiger partial charge in [0.05, 0.1) is 16.9 Å². The van der Waals surface area contributed by atoms with Crippen molar-refractivity contribution in [3.63, 3.8) is 0 Å².